The van der Waals surface area contributed by atoms with Crippen LogP contribution in [0.2, 0.25) is 0 Å². The van der Waals surface area contributed by atoms with Gasteiger partial charge in [-0.3, -0.25) is 19.2 Å². The third-order valence-corrected chi connectivity index (χ3v) is 2.42. The van der Waals surface area contributed by atoms with Crippen molar-refractivity contribution in [2.75, 3.05) is 0 Å². The Bertz CT molecular complexity index is 369. The molecule has 0 aromatic heterocycles. The van der Waals surface area contributed by atoms with Gasteiger partial charge in [-0.1, -0.05) is 42.5 Å². The van der Waals surface area contributed by atoms with E-state index in [2.05, 4.69) is 0 Å². The van der Waals surface area contributed by atoms with Crippen LogP contribution < -0.4 is 0 Å². The highest BCUT2D eigenvalue weighted by atomic mass is 16.5. The topological polar surface area (TPSA) is 149 Å². The molecule has 26 heavy (non-hydrogen) atoms. The Morgan fingerprint density at radius 2 is 1.04 bits per heavy atom. The van der Waals surface area contributed by atoms with Crippen LogP contribution in [0.3, 0.4) is 0 Å². The zero-order valence-corrected chi connectivity index (χ0v) is 15.7. The van der Waals surface area contributed by atoms with Crippen LogP contribution >= 0.6 is 0 Å². The Hall–Kier alpha value is -1.80. The van der Waals surface area contributed by atoms with E-state index < -0.39 is 18.2 Å². The minimum Gasteiger partial charge on any atom is -0.481 e. The van der Waals surface area contributed by atoms with Crippen molar-refractivity contribution in [3.05, 3.63) is 0 Å². The van der Waals surface area contributed by atoms with E-state index in [1.165, 1.54) is 20.8 Å². The van der Waals surface area contributed by atoms with Crippen LogP contribution in [0.4, 0.5) is 0 Å². The van der Waals surface area contributed by atoms with Crippen molar-refractivity contribution in [1.82, 2.24) is 0 Å². The molecule has 0 bridgehead atoms. The predicted octanol–water partition coefficient (Wildman–Crippen LogP) is 2.29. The van der Waals surface area contributed by atoms with E-state index in [-0.39, 0.29) is 49.7 Å². The molecule has 0 amide bonds. The van der Waals surface area contributed by atoms with Crippen LogP contribution in [-0.4, -0.2) is 51.4 Å². The van der Waals surface area contributed by atoms with Crippen LogP contribution in [0.15, 0.2) is 0 Å². The minimum atomic E-state index is -0.787. The van der Waals surface area contributed by atoms with Crippen LogP contribution in [0.1, 0.15) is 70.2 Å². The molecule has 8 nitrogen and oxygen atoms in total. The quantitative estimate of drug-likeness (QED) is 0.690. The second-order valence-corrected chi connectivity index (χ2v) is 5.62. The number of hydrogen-bond donors (Lipinski definition) is 2. The summed E-state index contributed by atoms with van der Waals surface area (Å²) in [5.74, 6) is -1.78. The lowest BCUT2D eigenvalue weighted by molar-refractivity contribution is -0.156. The van der Waals surface area contributed by atoms with E-state index >= 15 is 0 Å². The van der Waals surface area contributed by atoms with Gasteiger partial charge in [0.05, 0.1) is 11.8 Å². The molecule has 4 N–H and O–H groups in total. The first-order valence-corrected chi connectivity index (χ1v) is 7.36. The predicted molar refractivity (Wildman–Crippen MR) is 103 cm³/mol. The smallest absolute Gasteiger partial charge is 0.309 e. The number of carbonyl (C=O) groups is 4. The third-order valence-electron chi connectivity index (χ3n) is 2.42. The van der Waals surface area contributed by atoms with Crippen molar-refractivity contribution in [3.63, 3.8) is 0 Å². The average molecular weight is 385 g/mol. The van der Waals surface area contributed by atoms with Crippen molar-refractivity contribution in [1.29, 1.82) is 0 Å². The molecule has 0 heterocycles. The normalized spacial score (nSPS) is 10.7. The van der Waals surface area contributed by atoms with Gasteiger partial charge in [0.1, 0.15) is 6.10 Å². The SMILES string of the molecule is C.C.CC(=O)C(C)O.CC(=O)C(C)OC(=O)C(C)C.CC(C)C(=O)O.O. The fourth-order valence-corrected chi connectivity index (χ4v) is 0.393. The molecule has 2 atom stereocenters. The number of rotatable bonds is 5. The molecule has 0 aliphatic heterocycles. The largest absolute Gasteiger partial charge is 0.481 e. The first kappa shape index (κ1) is 39.3. The summed E-state index contributed by atoms with van der Waals surface area (Å²) in [5, 5.41) is 16.3. The van der Waals surface area contributed by atoms with Crippen molar-refractivity contribution < 1.29 is 39.6 Å². The number of aliphatic hydroxyl groups excluding tert-OH is 1. The van der Waals surface area contributed by atoms with E-state index in [9.17, 15) is 19.2 Å². The number of carboxylic acid groups (broad SMARTS) is 1. The van der Waals surface area contributed by atoms with Gasteiger partial charge in [-0.2, -0.15) is 0 Å². The molecule has 0 aromatic rings. The number of carboxylic acids is 1. The Labute approximate surface area is 158 Å². The van der Waals surface area contributed by atoms with Crippen molar-refractivity contribution in [2.45, 2.75) is 82.5 Å². The molecule has 160 valence electrons. The Kier molecular flexibility index (Phi) is 32.1. The lowest BCUT2D eigenvalue weighted by atomic mass is 10.2. The molecule has 0 saturated carbocycles. The van der Waals surface area contributed by atoms with E-state index in [0.717, 1.165) is 0 Å². The number of ether oxygens (including phenoxy) is 1. The summed E-state index contributed by atoms with van der Waals surface area (Å²) in [4.78, 5) is 41.1. The zero-order chi connectivity index (χ0) is 19.3. The Morgan fingerprint density at radius 1 is 0.769 bits per heavy atom. The van der Waals surface area contributed by atoms with Crippen LogP contribution in [0, 0.1) is 11.8 Å². The second-order valence-electron chi connectivity index (χ2n) is 5.62. The maximum absolute atomic E-state index is 10.9. The van der Waals surface area contributed by atoms with E-state index in [1.807, 2.05) is 0 Å². The molecule has 2 unspecified atom stereocenters. The van der Waals surface area contributed by atoms with Crippen LogP contribution in [-0.2, 0) is 23.9 Å². The Balaban J connectivity index is -0.0000000583. The number of hydrogen-bond acceptors (Lipinski definition) is 6. The van der Waals surface area contributed by atoms with Gasteiger partial charge in [0.15, 0.2) is 17.7 Å². The summed E-state index contributed by atoms with van der Waals surface area (Å²) in [6.07, 6.45) is -1.39. The standard InChI is InChI=1S/C8H14O3.2C4H8O2.2CH4.H2O/c1-5(2)8(10)11-7(4)6(3)9;1-3(5)4(2)6;1-3(2)4(5)6;;;/h5,7H,1-4H3;3,5H,1-2H3;3H,1-2H3,(H,5,6);2*1H4;1H2. The molecular formula is C18H40O8. The van der Waals surface area contributed by atoms with Gasteiger partial charge >= 0.3 is 11.9 Å². The number of esters is 1. The molecule has 0 rings (SSSR count). The van der Waals surface area contributed by atoms with Crippen molar-refractivity contribution in [3.8, 4) is 0 Å². The molecule has 0 saturated heterocycles. The number of carbonyl (C=O) groups excluding carboxylic acids is 3. The van der Waals surface area contributed by atoms with Gasteiger partial charge in [-0.05, 0) is 27.7 Å². The van der Waals surface area contributed by atoms with Crippen molar-refractivity contribution >= 4 is 23.5 Å². The highest BCUT2D eigenvalue weighted by molar-refractivity contribution is 5.83. The number of Topliss-reactive ketones (excluding diaryl/α,β-unsaturated/α-hetero) is 2. The molecule has 0 fully saturated rings. The van der Waals surface area contributed by atoms with E-state index in [1.54, 1.807) is 34.6 Å². The van der Waals surface area contributed by atoms with Gasteiger partial charge < -0.3 is 20.4 Å². The summed E-state index contributed by atoms with van der Waals surface area (Å²) in [7, 11) is 0. The molecule has 0 radical (unpaired) electrons. The second kappa shape index (κ2) is 21.2. The highest BCUT2D eigenvalue weighted by Crippen LogP contribution is 2.00. The van der Waals surface area contributed by atoms with E-state index in [0.29, 0.717) is 0 Å². The lowest BCUT2D eigenvalue weighted by Crippen LogP contribution is -2.24. The van der Waals surface area contributed by atoms with Crippen molar-refractivity contribution in [2.24, 2.45) is 11.8 Å². The number of ketones is 2. The summed E-state index contributed by atoms with van der Waals surface area (Å²) >= 11 is 0. The third kappa shape index (κ3) is 30.1. The number of aliphatic carboxylic acids is 1. The van der Waals surface area contributed by atoms with Gasteiger partial charge in [0.25, 0.3) is 0 Å². The molecule has 0 aromatic carbocycles. The fraction of sp³-hybridized carbons (Fsp3) is 0.778. The maximum atomic E-state index is 10.9. The van der Waals surface area contributed by atoms with E-state index in [4.69, 9.17) is 14.9 Å². The van der Waals surface area contributed by atoms with Gasteiger partial charge in [-0.25, -0.2) is 0 Å². The fourth-order valence-electron chi connectivity index (χ4n) is 0.393. The minimum absolute atomic E-state index is 0. The maximum Gasteiger partial charge on any atom is 0.309 e. The zero-order valence-electron chi connectivity index (χ0n) is 15.7. The molecule has 8 heteroatoms. The summed E-state index contributed by atoms with van der Waals surface area (Å²) in [6, 6.07) is 0. The summed E-state index contributed by atoms with van der Waals surface area (Å²) < 4.78 is 4.78. The first-order chi connectivity index (χ1) is 10.2. The highest BCUT2D eigenvalue weighted by Gasteiger charge is 2.15. The van der Waals surface area contributed by atoms with Gasteiger partial charge in [-0.15, -0.1) is 0 Å². The molecule has 0 aliphatic carbocycles. The van der Waals surface area contributed by atoms with Gasteiger partial charge in [0, 0.05) is 0 Å². The lowest BCUT2D eigenvalue weighted by Gasteiger charge is -2.11. The molecule has 0 spiro atoms. The summed E-state index contributed by atoms with van der Waals surface area (Å²) in [5.41, 5.74) is 0. The first-order valence-electron chi connectivity index (χ1n) is 7.36. The average Bonchev–Trinajstić information content (AvgIpc) is 2.39. The van der Waals surface area contributed by atoms with Crippen LogP contribution in [0.5, 0.6) is 0 Å². The van der Waals surface area contributed by atoms with Crippen LogP contribution in [0.25, 0.3) is 0 Å². The van der Waals surface area contributed by atoms with Gasteiger partial charge in [0.2, 0.25) is 0 Å². The summed E-state index contributed by atoms with van der Waals surface area (Å²) in [6.45, 7) is 12.5. The number of aliphatic hydroxyl groups is 1. The molecular weight excluding hydrogens is 344 g/mol. The molecule has 0 aliphatic rings. The Morgan fingerprint density at radius 3 is 1.15 bits per heavy atom. The monoisotopic (exact) mass is 384 g/mol.